The zero-order valence-corrected chi connectivity index (χ0v) is 45.5. The van der Waals surface area contributed by atoms with Crippen molar-refractivity contribution in [2.75, 3.05) is 6.61 Å². The second kappa shape index (κ2) is 45.9. The van der Waals surface area contributed by atoms with Gasteiger partial charge in [-0.25, -0.2) is 4.57 Å². The van der Waals surface area contributed by atoms with Crippen LogP contribution < -0.4 is 5.32 Å². The molecule has 1 saturated carbocycles. The summed E-state index contributed by atoms with van der Waals surface area (Å²) in [6.45, 7) is 3.89. The molecule has 1 rings (SSSR count). The van der Waals surface area contributed by atoms with Crippen molar-refractivity contribution in [2.24, 2.45) is 0 Å². The summed E-state index contributed by atoms with van der Waals surface area (Å²) in [7, 11) is -5.05. The van der Waals surface area contributed by atoms with Gasteiger partial charge < -0.3 is 40.8 Å². The number of aliphatic hydroxyl groups is 6. The smallest absolute Gasteiger partial charge is 0.391 e. The summed E-state index contributed by atoms with van der Waals surface area (Å²) in [5.41, 5.74) is 0. The van der Waals surface area contributed by atoms with Gasteiger partial charge in [0.25, 0.3) is 0 Å². The van der Waals surface area contributed by atoms with Crippen LogP contribution in [0, 0.1) is 0 Å². The lowest BCUT2D eigenvalue weighted by molar-refractivity contribution is -0.220. The minimum Gasteiger partial charge on any atom is -0.391 e. The van der Waals surface area contributed by atoms with Crippen LogP contribution in [0.25, 0.3) is 0 Å². The van der Waals surface area contributed by atoms with E-state index in [1.807, 2.05) is 0 Å². The van der Waals surface area contributed by atoms with Gasteiger partial charge in [-0.1, -0.05) is 277 Å². The van der Waals surface area contributed by atoms with Gasteiger partial charge in [0.2, 0.25) is 5.91 Å². The highest BCUT2D eigenvalue weighted by atomic mass is 31.2. The Morgan fingerprint density at radius 1 is 0.435 bits per heavy atom. The second-order valence-electron chi connectivity index (χ2n) is 21.2. The largest absolute Gasteiger partial charge is 0.472 e. The van der Waals surface area contributed by atoms with Crippen LogP contribution in [0.3, 0.4) is 0 Å². The van der Waals surface area contributed by atoms with Gasteiger partial charge >= 0.3 is 7.82 Å². The fraction of sp³-hybridized carbons (Fsp3) is 0.982. The summed E-state index contributed by atoms with van der Waals surface area (Å²) < 4.78 is 23.0. The Balaban J connectivity index is 2.12. The number of aliphatic hydroxyl groups excluding tert-OH is 6. The van der Waals surface area contributed by atoms with Gasteiger partial charge in [-0.05, 0) is 12.8 Å². The van der Waals surface area contributed by atoms with Crippen LogP contribution in [0.1, 0.15) is 296 Å². The molecule has 9 atom stereocenters. The summed E-state index contributed by atoms with van der Waals surface area (Å²) in [6.07, 6.45) is 42.0. The van der Waals surface area contributed by atoms with E-state index < -0.39 is 63.2 Å². The number of hydrogen-bond acceptors (Lipinski definition) is 10. The third-order valence-corrected chi connectivity index (χ3v) is 15.7. The first-order valence-electron chi connectivity index (χ1n) is 29.5. The number of phosphoric acid groups is 1. The molecule has 0 aliphatic heterocycles. The standard InChI is InChI=1S/C56H112NO11P/c1-3-5-7-9-11-13-14-15-16-17-18-19-20-21-22-23-24-25-26-27-28-29-30-31-32-33-34-35-36-38-40-42-44-46-50(59)57-48(49(58)45-43-41-39-37-12-10-8-6-4-2)47-67-69(65,66)68-56-54(63)52(61)51(60)53(62)55(56)64/h48-49,51-56,58,60-64H,3-47H2,1-2H3,(H,57,59)(H,65,66)/t48-,49+,51?,52+,53?,54?,55?,56?/m0/s1. The molecule has 69 heavy (non-hydrogen) atoms. The maximum atomic E-state index is 13.0. The minimum atomic E-state index is -5.05. The first-order valence-corrected chi connectivity index (χ1v) is 31.0. The van der Waals surface area contributed by atoms with Crippen LogP contribution >= 0.6 is 7.82 Å². The van der Waals surface area contributed by atoms with Crippen LogP contribution in [0.4, 0.5) is 0 Å². The topological polar surface area (TPSA) is 206 Å². The van der Waals surface area contributed by atoms with Crippen molar-refractivity contribution in [3.63, 3.8) is 0 Å². The van der Waals surface area contributed by atoms with Gasteiger partial charge in [-0.2, -0.15) is 0 Å². The number of carbonyl (C=O) groups is 1. The maximum Gasteiger partial charge on any atom is 0.472 e. The first-order chi connectivity index (χ1) is 33.4. The first kappa shape index (κ1) is 66.4. The molecule has 412 valence electrons. The van der Waals surface area contributed by atoms with Crippen LogP contribution in [0.2, 0.25) is 0 Å². The molecule has 0 aromatic rings. The second-order valence-corrected chi connectivity index (χ2v) is 22.6. The van der Waals surface area contributed by atoms with Crippen LogP contribution in [-0.4, -0.2) is 96.8 Å². The molecular weight excluding hydrogens is 894 g/mol. The lowest BCUT2D eigenvalue weighted by Crippen LogP contribution is -2.64. The Morgan fingerprint density at radius 2 is 0.696 bits per heavy atom. The molecule has 1 aliphatic carbocycles. The highest BCUT2D eigenvalue weighted by Crippen LogP contribution is 2.47. The Kier molecular flexibility index (Phi) is 44.2. The van der Waals surface area contributed by atoms with Crippen molar-refractivity contribution >= 4 is 13.7 Å². The molecular formula is C56H112NO11P. The van der Waals surface area contributed by atoms with Crippen molar-refractivity contribution in [3.05, 3.63) is 0 Å². The Bertz CT molecular complexity index is 1170. The SMILES string of the molecule is CCCCCCCCCCCCCCCCCCCCCCCCCCCCCCCCCCCC(=O)N[C@@H](COP(=O)(O)OC1C(O)C(O)C(O)[C@@H](O)C1O)[C@H](O)CCCCCCCCCCC. The van der Waals surface area contributed by atoms with E-state index in [-0.39, 0.29) is 12.3 Å². The van der Waals surface area contributed by atoms with Crippen molar-refractivity contribution in [2.45, 2.75) is 345 Å². The number of rotatable bonds is 51. The molecule has 8 N–H and O–H groups in total. The average molecular weight is 1010 g/mol. The fourth-order valence-corrected chi connectivity index (χ4v) is 10.9. The van der Waals surface area contributed by atoms with Gasteiger partial charge in [0.05, 0.1) is 18.8 Å². The van der Waals surface area contributed by atoms with E-state index in [0.29, 0.717) is 19.3 Å². The molecule has 1 amide bonds. The third-order valence-electron chi connectivity index (χ3n) is 14.7. The molecule has 0 aromatic carbocycles. The van der Waals surface area contributed by atoms with Crippen molar-refractivity contribution in [1.29, 1.82) is 0 Å². The molecule has 0 aromatic heterocycles. The molecule has 0 radical (unpaired) electrons. The van der Waals surface area contributed by atoms with Crippen molar-refractivity contribution in [1.82, 2.24) is 5.32 Å². The van der Waals surface area contributed by atoms with Crippen molar-refractivity contribution in [3.8, 4) is 0 Å². The van der Waals surface area contributed by atoms with Crippen LogP contribution in [0.5, 0.6) is 0 Å². The number of unbranched alkanes of at least 4 members (excludes halogenated alkanes) is 40. The normalized spacial score (nSPS) is 21.3. The van der Waals surface area contributed by atoms with Gasteiger partial charge in [0, 0.05) is 6.42 Å². The number of carbonyl (C=O) groups excluding carboxylic acids is 1. The van der Waals surface area contributed by atoms with E-state index >= 15 is 0 Å². The Morgan fingerprint density at radius 3 is 1.00 bits per heavy atom. The summed E-state index contributed by atoms with van der Waals surface area (Å²) in [6, 6.07) is -1.02. The van der Waals surface area contributed by atoms with Gasteiger partial charge in [-0.3, -0.25) is 13.8 Å². The molecule has 0 bridgehead atoms. The predicted molar refractivity (Wildman–Crippen MR) is 283 cm³/mol. The monoisotopic (exact) mass is 1010 g/mol. The predicted octanol–water partition coefficient (Wildman–Crippen LogP) is 13.4. The number of phosphoric ester groups is 1. The minimum absolute atomic E-state index is 0.243. The van der Waals surface area contributed by atoms with Crippen LogP contribution in [-0.2, 0) is 18.4 Å². The third kappa shape index (κ3) is 36.8. The summed E-state index contributed by atoms with van der Waals surface area (Å²) >= 11 is 0. The Hall–Kier alpha value is -0.660. The summed E-state index contributed by atoms with van der Waals surface area (Å²) in [4.78, 5) is 23.5. The average Bonchev–Trinajstić information content (AvgIpc) is 3.33. The zero-order valence-electron chi connectivity index (χ0n) is 44.6. The maximum absolute atomic E-state index is 13.0. The van der Waals surface area contributed by atoms with Gasteiger partial charge in [-0.15, -0.1) is 0 Å². The zero-order chi connectivity index (χ0) is 50.6. The number of nitrogens with one attached hydrogen (secondary N) is 1. The van der Waals surface area contributed by atoms with E-state index in [1.165, 1.54) is 218 Å². The molecule has 12 nitrogen and oxygen atoms in total. The summed E-state index contributed by atoms with van der Waals surface area (Å²) in [5, 5.41) is 64.2. The van der Waals surface area contributed by atoms with E-state index in [2.05, 4.69) is 19.2 Å². The van der Waals surface area contributed by atoms with Crippen LogP contribution in [0.15, 0.2) is 0 Å². The van der Waals surface area contributed by atoms with Gasteiger partial charge in [0.1, 0.15) is 36.6 Å². The highest BCUT2D eigenvalue weighted by molar-refractivity contribution is 7.47. The van der Waals surface area contributed by atoms with E-state index in [1.54, 1.807) is 0 Å². The van der Waals surface area contributed by atoms with E-state index in [4.69, 9.17) is 9.05 Å². The molecule has 0 heterocycles. The molecule has 0 saturated heterocycles. The molecule has 6 unspecified atom stereocenters. The quantitative estimate of drug-likeness (QED) is 0.0213. The number of amides is 1. The molecule has 1 fully saturated rings. The molecule has 13 heteroatoms. The molecule has 1 aliphatic rings. The van der Waals surface area contributed by atoms with Gasteiger partial charge in [0.15, 0.2) is 0 Å². The highest BCUT2D eigenvalue weighted by Gasteiger charge is 2.51. The fourth-order valence-electron chi connectivity index (χ4n) is 9.91. The van der Waals surface area contributed by atoms with E-state index in [9.17, 15) is 44.9 Å². The molecule has 0 spiro atoms. The van der Waals surface area contributed by atoms with Crippen molar-refractivity contribution < 1.29 is 53.9 Å². The lowest BCUT2D eigenvalue weighted by atomic mass is 9.85. The Labute approximate surface area is 423 Å². The summed E-state index contributed by atoms with van der Waals surface area (Å²) in [5.74, 6) is -0.303. The number of hydrogen-bond donors (Lipinski definition) is 8. The van der Waals surface area contributed by atoms with E-state index in [0.717, 1.165) is 38.5 Å². The lowest BCUT2D eigenvalue weighted by Gasteiger charge is -2.41.